The highest BCUT2D eigenvalue weighted by Crippen LogP contribution is 2.33. The van der Waals surface area contributed by atoms with Crippen LogP contribution in [0.4, 0.5) is 0 Å². The Bertz CT molecular complexity index is 1140. The highest BCUT2D eigenvalue weighted by atomic mass is 32.1. The number of pyridine rings is 1. The Kier molecular flexibility index (Phi) is 5.14. The van der Waals surface area contributed by atoms with Crippen LogP contribution in [0.25, 0.3) is 10.2 Å². The fourth-order valence-electron chi connectivity index (χ4n) is 3.24. The highest BCUT2D eigenvalue weighted by molar-refractivity contribution is 7.20. The number of carbonyl (C=O) groups is 1. The lowest BCUT2D eigenvalue weighted by atomic mass is 9.95. The van der Waals surface area contributed by atoms with Gasteiger partial charge in [0.05, 0.1) is 10.6 Å². The number of fused-ring (bicyclic) bond motifs is 1. The number of hydrogen-bond donors (Lipinski definition) is 2. The zero-order valence-electron chi connectivity index (χ0n) is 17.4. The third-order valence-corrected chi connectivity index (χ3v) is 5.95. The number of hydrogen-bond acceptors (Lipinski definition) is 5. The van der Waals surface area contributed by atoms with Crippen molar-refractivity contribution in [2.45, 2.75) is 60.4 Å². The van der Waals surface area contributed by atoms with Crippen LogP contribution < -0.4 is 10.9 Å². The van der Waals surface area contributed by atoms with E-state index in [-0.39, 0.29) is 23.4 Å². The number of amides is 1. The molecule has 7 heteroatoms. The second-order valence-electron chi connectivity index (χ2n) is 8.24. The van der Waals surface area contributed by atoms with Gasteiger partial charge in [-0.25, -0.2) is 9.97 Å². The maximum Gasteiger partial charge on any atom is 0.261 e. The van der Waals surface area contributed by atoms with Crippen molar-refractivity contribution in [1.29, 1.82) is 0 Å². The summed E-state index contributed by atoms with van der Waals surface area (Å²) in [7, 11) is 0. The number of aryl methyl sites for hydroxylation is 4. The summed E-state index contributed by atoms with van der Waals surface area (Å²) in [6.07, 6.45) is 0. The third-order valence-electron chi connectivity index (χ3n) is 4.77. The fraction of sp³-hybridized carbons (Fsp3) is 0.429. The molecule has 0 aliphatic carbocycles. The van der Waals surface area contributed by atoms with Gasteiger partial charge in [-0.2, -0.15) is 0 Å². The van der Waals surface area contributed by atoms with E-state index in [1.165, 1.54) is 11.3 Å². The van der Waals surface area contributed by atoms with Gasteiger partial charge in [-0.1, -0.05) is 20.8 Å². The van der Waals surface area contributed by atoms with Crippen LogP contribution in [-0.2, 0) is 12.0 Å². The maximum absolute atomic E-state index is 12.8. The predicted molar refractivity (Wildman–Crippen MR) is 113 cm³/mol. The number of carbonyl (C=O) groups excluding carboxylic acids is 1. The number of nitrogens with zero attached hydrogens (tertiary/aromatic N) is 2. The standard InChI is InChI=1S/C21H26N4O2S/c1-10-8-11(2)23-17(26)14(10)9-22-18(27)16-12(3)15-13(4)24-20(21(5,6)7)25-19(15)28-16/h8H,9H2,1-7H3,(H,22,27)(H,23,26). The van der Waals surface area contributed by atoms with Crippen molar-refractivity contribution in [1.82, 2.24) is 20.3 Å². The van der Waals surface area contributed by atoms with Crippen LogP contribution in [0.1, 0.15) is 64.3 Å². The summed E-state index contributed by atoms with van der Waals surface area (Å²) in [5, 5.41) is 3.82. The van der Waals surface area contributed by atoms with E-state index in [1.54, 1.807) is 0 Å². The molecule has 0 bridgehead atoms. The van der Waals surface area contributed by atoms with Crippen molar-refractivity contribution in [2.24, 2.45) is 0 Å². The van der Waals surface area contributed by atoms with Gasteiger partial charge < -0.3 is 10.3 Å². The molecule has 148 valence electrons. The minimum Gasteiger partial charge on any atom is -0.347 e. The van der Waals surface area contributed by atoms with Gasteiger partial charge in [0, 0.05) is 28.6 Å². The summed E-state index contributed by atoms with van der Waals surface area (Å²) in [6.45, 7) is 14.0. The zero-order chi connectivity index (χ0) is 20.8. The van der Waals surface area contributed by atoms with E-state index in [1.807, 2.05) is 33.8 Å². The molecule has 0 aliphatic rings. The van der Waals surface area contributed by atoms with E-state index >= 15 is 0 Å². The average Bonchev–Trinajstić information content (AvgIpc) is 2.90. The molecule has 28 heavy (non-hydrogen) atoms. The Balaban J connectivity index is 1.93. The Morgan fingerprint density at radius 3 is 2.46 bits per heavy atom. The molecule has 0 saturated heterocycles. The molecule has 0 saturated carbocycles. The number of nitrogens with one attached hydrogen (secondary N) is 2. The first-order valence-corrected chi connectivity index (χ1v) is 10.1. The molecule has 0 radical (unpaired) electrons. The summed E-state index contributed by atoms with van der Waals surface area (Å²) in [4.78, 5) is 38.6. The van der Waals surface area contributed by atoms with Crippen LogP contribution >= 0.6 is 11.3 Å². The van der Waals surface area contributed by atoms with Crippen molar-refractivity contribution in [3.8, 4) is 0 Å². The smallest absolute Gasteiger partial charge is 0.261 e. The van der Waals surface area contributed by atoms with E-state index in [0.29, 0.717) is 10.4 Å². The molecule has 0 spiro atoms. The molecule has 1 amide bonds. The van der Waals surface area contributed by atoms with Crippen molar-refractivity contribution in [3.05, 3.63) is 55.2 Å². The van der Waals surface area contributed by atoms with Crippen molar-refractivity contribution in [2.75, 3.05) is 0 Å². The van der Waals surface area contributed by atoms with E-state index in [9.17, 15) is 9.59 Å². The van der Waals surface area contributed by atoms with Crippen LogP contribution in [0.2, 0.25) is 0 Å². The largest absolute Gasteiger partial charge is 0.347 e. The van der Waals surface area contributed by atoms with Gasteiger partial charge >= 0.3 is 0 Å². The molecule has 0 fully saturated rings. The molecular weight excluding hydrogens is 372 g/mol. The van der Waals surface area contributed by atoms with E-state index in [2.05, 4.69) is 36.1 Å². The number of thiophene rings is 1. The minimum atomic E-state index is -0.198. The van der Waals surface area contributed by atoms with Gasteiger partial charge in [0.25, 0.3) is 11.5 Å². The number of H-pyrrole nitrogens is 1. The Hall–Kier alpha value is -2.54. The van der Waals surface area contributed by atoms with Crippen LogP contribution in [0.5, 0.6) is 0 Å². The molecule has 6 nitrogen and oxygen atoms in total. The van der Waals surface area contributed by atoms with Crippen LogP contribution in [0.15, 0.2) is 10.9 Å². The molecule has 3 rings (SSSR count). The summed E-state index contributed by atoms with van der Waals surface area (Å²) in [6, 6.07) is 1.90. The SMILES string of the molecule is Cc1cc(C)c(CNC(=O)c2sc3nc(C(C)(C)C)nc(C)c3c2C)c(=O)[nH]1. The lowest BCUT2D eigenvalue weighted by Gasteiger charge is -2.16. The average molecular weight is 399 g/mol. The highest BCUT2D eigenvalue weighted by Gasteiger charge is 2.23. The Morgan fingerprint density at radius 2 is 1.86 bits per heavy atom. The summed E-state index contributed by atoms with van der Waals surface area (Å²) < 4.78 is 0. The minimum absolute atomic E-state index is 0.163. The van der Waals surface area contributed by atoms with Crippen LogP contribution in [0.3, 0.4) is 0 Å². The van der Waals surface area contributed by atoms with Crippen molar-refractivity contribution >= 4 is 27.5 Å². The molecule has 2 N–H and O–H groups in total. The Morgan fingerprint density at radius 1 is 1.18 bits per heavy atom. The number of aromatic amines is 1. The van der Waals surface area contributed by atoms with E-state index < -0.39 is 0 Å². The molecule has 3 heterocycles. The van der Waals surface area contributed by atoms with Gasteiger partial charge in [0.15, 0.2) is 0 Å². The molecule has 0 atom stereocenters. The normalized spacial score (nSPS) is 11.8. The second-order valence-corrected chi connectivity index (χ2v) is 9.24. The summed E-state index contributed by atoms with van der Waals surface area (Å²) in [5.41, 5.74) is 3.68. The number of aromatic nitrogens is 3. The molecule has 0 unspecified atom stereocenters. The third kappa shape index (κ3) is 3.71. The maximum atomic E-state index is 12.8. The number of rotatable bonds is 3. The first kappa shape index (κ1) is 20.2. The molecule has 0 aromatic carbocycles. The fourth-order valence-corrected chi connectivity index (χ4v) is 4.39. The van der Waals surface area contributed by atoms with Crippen LogP contribution in [-0.4, -0.2) is 20.9 Å². The van der Waals surface area contributed by atoms with Crippen LogP contribution in [0, 0.1) is 27.7 Å². The lowest BCUT2D eigenvalue weighted by Crippen LogP contribution is -2.27. The van der Waals surface area contributed by atoms with Gasteiger partial charge in [-0.05, 0) is 44.9 Å². The topological polar surface area (TPSA) is 87.7 Å². The van der Waals surface area contributed by atoms with Crippen molar-refractivity contribution < 1.29 is 4.79 Å². The quantitative estimate of drug-likeness (QED) is 0.702. The van der Waals surface area contributed by atoms with E-state index in [0.717, 1.165) is 38.6 Å². The first-order valence-electron chi connectivity index (χ1n) is 9.25. The van der Waals surface area contributed by atoms with Crippen molar-refractivity contribution in [3.63, 3.8) is 0 Å². The predicted octanol–water partition coefficient (Wildman–Crippen LogP) is 3.84. The van der Waals surface area contributed by atoms with E-state index in [4.69, 9.17) is 4.98 Å². The van der Waals surface area contributed by atoms with Gasteiger partial charge in [-0.3, -0.25) is 9.59 Å². The zero-order valence-corrected chi connectivity index (χ0v) is 18.2. The second kappa shape index (κ2) is 7.13. The first-order chi connectivity index (χ1) is 13.0. The summed E-state index contributed by atoms with van der Waals surface area (Å²) >= 11 is 1.37. The molecule has 3 aromatic rings. The summed E-state index contributed by atoms with van der Waals surface area (Å²) in [5.74, 6) is 0.573. The molecular formula is C21H26N4O2S. The van der Waals surface area contributed by atoms with Gasteiger partial charge in [0.2, 0.25) is 0 Å². The van der Waals surface area contributed by atoms with Gasteiger partial charge in [-0.15, -0.1) is 11.3 Å². The molecule has 0 aliphatic heterocycles. The monoisotopic (exact) mass is 398 g/mol. The Labute approximate surface area is 168 Å². The molecule has 3 aromatic heterocycles. The lowest BCUT2D eigenvalue weighted by molar-refractivity contribution is 0.0954. The van der Waals surface area contributed by atoms with Gasteiger partial charge in [0.1, 0.15) is 10.7 Å².